The van der Waals surface area contributed by atoms with Crippen LogP contribution in [0.1, 0.15) is 5.56 Å². The molecule has 18 heavy (non-hydrogen) atoms. The highest BCUT2D eigenvalue weighted by Crippen LogP contribution is 2.44. The summed E-state index contributed by atoms with van der Waals surface area (Å²) in [6, 6.07) is 3.56. The fourth-order valence-corrected chi connectivity index (χ4v) is 1.87. The third-order valence-corrected chi connectivity index (χ3v) is 2.76. The fraction of sp³-hybridized carbons (Fsp3) is 0.200. The molecular formula is C10H5ClF3N3O. The molecule has 0 aliphatic carbocycles. The van der Waals surface area contributed by atoms with E-state index in [-0.39, 0.29) is 10.7 Å². The summed E-state index contributed by atoms with van der Waals surface area (Å²) >= 11 is 5.63. The van der Waals surface area contributed by atoms with Crippen molar-refractivity contribution in [1.29, 1.82) is 5.26 Å². The normalized spacial score (nSPS) is 22.5. The summed E-state index contributed by atoms with van der Waals surface area (Å²) in [5, 5.41) is 12.7. The Bertz CT molecular complexity index is 566. The van der Waals surface area contributed by atoms with Crippen molar-refractivity contribution in [3.05, 3.63) is 28.8 Å². The lowest BCUT2D eigenvalue weighted by molar-refractivity contribution is -0.179. The van der Waals surface area contributed by atoms with Crippen LogP contribution in [0.2, 0.25) is 5.02 Å². The van der Waals surface area contributed by atoms with Crippen molar-refractivity contribution in [2.75, 3.05) is 5.32 Å². The molecule has 1 aliphatic heterocycles. The first kappa shape index (κ1) is 12.5. The van der Waals surface area contributed by atoms with Crippen LogP contribution >= 0.6 is 11.6 Å². The van der Waals surface area contributed by atoms with E-state index in [0.29, 0.717) is 0 Å². The predicted molar refractivity (Wildman–Crippen MR) is 57.0 cm³/mol. The monoisotopic (exact) mass is 275 g/mol. The number of alkyl halides is 3. The second kappa shape index (κ2) is 3.78. The average molecular weight is 276 g/mol. The molecule has 0 radical (unpaired) electrons. The van der Waals surface area contributed by atoms with Gasteiger partial charge >= 0.3 is 12.2 Å². The van der Waals surface area contributed by atoms with Crippen molar-refractivity contribution in [2.24, 2.45) is 0 Å². The molecule has 1 aromatic carbocycles. The fourth-order valence-electron chi connectivity index (χ4n) is 1.70. The highest BCUT2D eigenvalue weighted by Gasteiger charge is 2.60. The van der Waals surface area contributed by atoms with E-state index in [1.807, 2.05) is 0 Å². The summed E-state index contributed by atoms with van der Waals surface area (Å²) in [6.07, 6.45) is -4.96. The topological polar surface area (TPSA) is 64.9 Å². The predicted octanol–water partition coefficient (Wildman–Crippen LogP) is 2.76. The Morgan fingerprint density at radius 1 is 1.39 bits per heavy atom. The number of rotatable bonds is 0. The molecule has 0 aromatic heterocycles. The molecule has 1 aliphatic rings. The number of hydrogen-bond acceptors (Lipinski definition) is 2. The Morgan fingerprint density at radius 2 is 2.06 bits per heavy atom. The van der Waals surface area contributed by atoms with Gasteiger partial charge in [0, 0.05) is 16.3 Å². The Balaban J connectivity index is 2.75. The van der Waals surface area contributed by atoms with E-state index in [4.69, 9.17) is 16.9 Å². The molecule has 94 valence electrons. The number of nitriles is 1. The zero-order chi connectivity index (χ0) is 13.6. The van der Waals surface area contributed by atoms with Crippen LogP contribution in [-0.4, -0.2) is 12.2 Å². The van der Waals surface area contributed by atoms with Crippen LogP contribution in [0.25, 0.3) is 0 Å². The Morgan fingerprint density at radius 3 is 2.61 bits per heavy atom. The van der Waals surface area contributed by atoms with Crippen LogP contribution in [0.3, 0.4) is 0 Å². The minimum absolute atomic E-state index is 0.0376. The van der Waals surface area contributed by atoms with Gasteiger partial charge in [-0.1, -0.05) is 11.6 Å². The molecule has 0 bridgehead atoms. The van der Waals surface area contributed by atoms with Gasteiger partial charge in [-0.05, 0) is 18.2 Å². The minimum Gasteiger partial charge on any atom is -0.308 e. The van der Waals surface area contributed by atoms with E-state index in [9.17, 15) is 18.0 Å². The molecule has 1 atom stereocenters. The number of urea groups is 1. The first-order valence-corrected chi connectivity index (χ1v) is 5.05. The first-order chi connectivity index (χ1) is 8.30. The number of nitrogens with zero attached hydrogens (tertiary/aromatic N) is 1. The van der Waals surface area contributed by atoms with Crippen LogP contribution in [-0.2, 0) is 5.54 Å². The van der Waals surface area contributed by atoms with Crippen molar-refractivity contribution in [3.8, 4) is 6.07 Å². The Kier molecular flexibility index (Phi) is 2.63. The second-order valence-electron chi connectivity index (χ2n) is 3.63. The lowest BCUT2D eigenvalue weighted by Crippen LogP contribution is -2.59. The van der Waals surface area contributed by atoms with Gasteiger partial charge in [-0.25, -0.2) is 4.79 Å². The number of amides is 2. The maximum Gasteiger partial charge on any atom is 0.429 e. The smallest absolute Gasteiger partial charge is 0.308 e. The minimum atomic E-state index is -4.96. The van der Waals surface area contributed by atoms with Gasteiger partial charge < -0.3 is 10.6 Å². The number of hydrogen-bond donors (Lipinski definition) is 2. The molecule has 0 fully saturated rings. The molecule has 0 saturated heterocycles. The van der Waals surface area contributed by atoms with Gasteiger partial charge in [0.05, 0.1) is 0 Å². The molecule has 8 heteroatoms. The summed E-state index contributed by atoms with van der Waals surface area (Å²) in [5.74, 6) is 0. The van der Waals surface area contributed by atoms with Crippen molar-refractivity contribution in [1.82, 2.24) is 5.32 Å². The largest absolute Gasteiger partial charge is 0.429 e. The van der Waals surface area contributed by atoms with Crippen LogP contribution < -0.4 is 10.6 Å². The molecule has 0 saturated carbocycles. The summed E-state index contributed by atoms with van der Waals surface area (Å²) in [5.41, 5.74) is -3.61. The molecule has 2 rings (SSSR count). The van der Waals surface area contributed by atoms with Crippen LogP contribution in [0.4, 0.5) is 23.7 Å². The van der Waals surface area contributed by atoms with Crippen LogP contribution in [0.5, 0.6) is 0 Å². The summed E-state index contributed by atoms with van der Waals surface area (Å²) in [7, 11) is 0. The van der Waals surface area contributed by atoms with E-state index in [1.54, 1.807) is 5.32 Å². The van der Waals surface area contributed by atoms with Gasteiger partial charge in [0.25, 0.3) is 5.54 Å². The third kappa shape index (κ3) is 1.66. The van der Waals surface area contributed by atoms with Gasteiger partial charge in [0.15, 0.2) is 0 Å². The number of carbonyl (C=O) groups is 1. The zero-order valence-corrected chi connectivity index (χ0v) is 9.36. The quantitative estimate of drug-likeness (QED) is 0.764. The lowest BCUT2D eigenvalue weighted by atomic mass is 9.87. The number of nitrogens with one attached hydrogen (secondary N) is 2. The average Bonchev–Trinajstić information content (AvgIpc) is 2.27. The highest BCUT2D eigenvalue weighted by molar-refractivity contribution is 6.30. The van der Waals surface area contributed by atoms with Gasteiger partial charge in [0.1, 0.15) is 6.07 Å². The standard InChI is InChI=1S/C10H5ClF3N3O/c11-5-1-2-7-6(3-5)9(4-15,10(12,13)14)17-8(18)16-7/h1-3H,(H2,16,17,18)/t9-/m0/s1. The second-order valence-corrected chi connectivity index (χ2v) is 4.07. The van der Waals surface area contributed by atoms with Gasteiger partial charge in [-0.2, -0.15) is 18.4 Å². The lowest BCUT2D eigenvalue weighted by Gasteiger charge is -2.35. The van der Waals surface area contributed by atoms with E-state index in [1.165, 1.54) is 12.1 Å². The number of fused-ring (bicyclic) bond motifs is 1. The van der Waals surface area contributed by atoms with E-state index in [0.717, 1.165) is 12.1 Å². The SMILES string of the molecule is N#C[C@]1(C(F)(F)F)NC(=O)Nc2ccc(Cl)cc21. The van der Waals surface area contributed by atoms with Crippen molar-refractivity contribution >= 4 is 23.3 Å². The van der Waals surface area contributed by atoms with Gasteiger partial charge in [-0.15, -0.1) is 0 Å². The molecule has 1 heterocycles. The summed E-state index contributed by atoms with van der Waals surface area (Å²) in [4.78, 5) is 11.2. The molecule has 1 aromatic rings. The van der Waals surface area contributed by atoms with Crippen molar-refractivity contribution in [2.45, 2.75) is 11.7 Å². The summed E-state index contributed by atoms with van der Waals surface area (Å²) < 4.78 is 39.2. The number of benzene rings is 1. The van der Waals surface area contributed by atoms with Crippen molar-refractivity contribution < 1.29 is 18.0 Å². The number of halogens is 4. The van der Waals surface area contributed by atoms with E-state index >= 15 is 0 Å². The summed E-state index contributed by atoms with van der Waals surface area (Å²) in [6.45, 7) is 0. The number of carbonyl (C=O) groups excluding carboxylic acids is 1. The number of anilines is 1. The Labute approximate surface area is 104 Å². The maximum atomic E-state index is 13.1. The molecule has 2 N–H and O–H groups in total. The van der Waals surface area contributed by atoms with Crippen LogP contribution in [0, 0.1) is 11.3 Å². The third-order valence-electron chi connectivity index (χ3n) is 2.53. The van der Waals surface area contributed by atoms with Crippen LogP contribution in [0.15, 0.2) is 18.2 Å². The molecular weight excluding hydrogens is 271 g/mol. The molecule has 2 amide bonds. The molecule has 0 spiro atoms. The van der Waals surface area contributed by atoms with Crippen molar-refractivity contribution in [3.63, 3.8) is 0 Å². The van der Waals surface area contributed by atoms with E-state index in [2.05, 4.69) is 5.32 Å². The molecule has 0 unspecified atom stereocenters. The Hall–Kier alpha value is -1.94. The first-order valence-electron chi connectivity index (χ1n) is 4.67. The van der Waals surface area contributed by atoms with Gasteiger partial charge in [0.2, 0.25) is 0 Å². The van der Waals surface area contributed by atoms with E-state index < -0.39 is 23.3 Å². The zero-order valence-electron chi connectivity index (χ0n) is 8.60. The maximum absolute atomic E-state index is 13.1. The molecule has 4 nitrogen and oxygen atoms in total. The van der Waals surface area contributed by atoms with Gasteiger partial charge in [-0.3, -0.25) is 0 Å². The highest BCUT2D eigenvalue weighted by atomic mass is 35.5.